The molecule has 1 saturated heterocycles. The molecule has 2 aliphatic rings. The zero-order valence-corrected chi connectivity index (χ0v) is 18.1. The average Bonchev–Trinajstić information content (AvgIpc) is 2.83. The minimum atomic E-state index is -1.63. The van der Waals surface area contributed by atoms with Gasteiger partial charge in [-0.15, -0.1) is 0 Å². The summed E-state index contributed by atoms with van der Waals surface area (Å²) in [6, 6.07) is 10.3. The van der Waals surface area contributed by atoms with E-state index in [0.717, 1.165) is 5.56 Å². The lowest BCUT2D eigenvalue weighted by molar-refractivity contribution is -0.277. The summed E-state index contributed by atoms with van der Waals surface area (Å²) in [5, 5.41) is 39.7. The zero-order valence-electron chi connectivity index (χ0n) is 18.1. The van der Waals surface area contributed by atoms with Crippen LogP contribution in [-0.4, -0.2) is 77.9 Å². The van der Waals surface area contributed by atoms with Gasteiger partial charge in [0, 0.05) is 12.5 Å². The van der Waals surface area contributed by atoms with Gasteiger partial charge in [0.15, 0.2) is 0 Å². The maximum absolute atomic E-state index is 13.0. The van der Waals surface area contributed by atoms with E-state index in [1.807, 2.05) is 12.1 Å². The fraction of sp³-hybridized carbons (Fsp3) is 0.435. The molecular weight excluding hydrogens is 436 g/mol. The monoisotopic (exact) mass is 462 g/mol. The third-order valence-corrected chi connectivity index (χ3v) is 5.83. The molecule has 2 aromatic carbocycles. The van der Waals surface area contributed by atoms with E-state index in [1.54, 1.807) is 25.3 Å². The number of fused-ring (bicyclic) bond motifs is 1. The molecule has 0 radical (unpaired) electrons. The van der Waals surface area contributed by atoms with E-state index >= 15 is 0 Å². The summed E-state index contributed by atoms with van der Waals surface area (Å²) in [7, 11) is 3.02. The van der Waals surface area contributed by atoms with Crippen LogP contribution in [0.1, 0.15) is 27.6 Å². The number of hydrogen-bond donors (Lipinski definition) is 4. The third-order valence-electron chi connectivity index (χ3n) is 5.83. The maximum atomic E-state index is 13.0. The number of aliphatic hydroxyl groups excluding tert-OH is 4. The lowest BCUT2D eigenvalue weighted by Gasteiger charge is -2.40. The number of cyclic esters (lactones) is 1. The third kappa shape index (κ3) is 4.48. The van der Waals surface area contributed by atoms with Crippen LogP contribution in [0, 0.1) is 0 Å². The van der Waals surface area contributed by atoms with Crippen molar-refractivity contribution in [3.8, 4) is 17.2 Å². The topological polar surface area (TPSA) is 144 Å². The molecule has 4 rings (SSSR count). The van der Waals surface area contributed by atoms with Crippen molar-refractivity contribution >= 4 is 5.97 Å². The molecule has 0 unspecified atom stereocenters. The first-order valence-electron chi connectivity index (χ1n) is 10.4. The van der Waals surface area contributed by atoms with Crippen LogP contribution in [0.3, 0.4) is 0 Å². The van der Waals surface area contributed by atoms with Crippen LogP contribution in [0.15, 0.2) is 36.4 Å². The fourth-order valence-corrected chi connectivity index (χ4v) is 3.97. The predicted octanol–water partition coefficient (Wildman–Crippen LogP) is 0.337. The highest BCUT2D eigenvalue weighted by Crippen LogP contribution is 2.39. The first-order valence-corrected chi connectivity index (χ1v) is 10.4. The van der Waals surface area contributed by atoms with Crippen molar-refractivity contribution in [2.45, 2.75) is 43.2 Å². The second kappa shape index (κ2) is 9.54. The first-order chi connectivity index (χ1) is 15.9. The van der Waals surface area contributed by atoms with Crippen molar-refractivity contribution < 1.29 is 48.9 Å². The molecule has 10 heteroatoms. The minimum absolute atomic E-state index is 0.0202. The van der Waals surface area contributed by atoms with Crippen LogP contribution in [0.2, 0.25) is 0 Å². The Morgan fingerprint density at radius 1 is 0.970 bits per heavy atom. The molecule has 6 atom stereocenters. The summed E-state index contributed by atoms with van der Waals surface area (Å²) >= 11 is 0. The Bertz CT molecular complexity index is 989. The standard InChI is InChI=1S/C23H26O10/c1-29-13-5-3-11(4-6-13)15-8-12-7-14(30-2)9-16(18(12)22(28)31-15)32-23-21(27)20(26)19(25)17(10-24)33-23/h3-7,9,15,17,19-21,23-27H,8,10H2,1-2H3/t15-,17-,19-,20+,21-,23-/m1/s1. The number of aliphatic hydroxyl groups is 4. The van der Waals surface area contributed by atoms with Crippen molar-refractivity contribution in [2.75, 3.05) is 20.8 Å². The minimum Gasteiger partial charge on any atom is -0.497 e. The Labute approximate surface area is 189 Å². The van der Waals surface area contributed by atoms with Gasteiger partial charge < -0.3 is 44.1 Å². The number of ether oxygens (including phenoxy) is 5. The molecule has 0 spiro atoms. The molecular formula is C23H26O10. The number of esters is 1. The molecule has 1 fully saturated rings. The van der Waals surface area contributed by atoms with Crippen molar-refractivity contribution in [3.05, 3.63) is 53.1 Å². The van der Waals surface area contributed by atoms with Crippen molar-refractivity contribution in [3.63, 3.8) is 0 Å². The van der Waals surface area contributed by atoms with Crippen LogP contribution < -0.4 is 14.2 Å². The van der Waals surface area contributed by atoms with E-state index in [0.29, 0.717) is 23.5 Å². The van der Waals surface area contributed by atoms with Gasteiger partial charge in [-0.25, -0.2) is 4.79 Å². The molecule has 33 heavy (non-hydrogen) atoms. The van der Waals surface area contributed by atoms with Crippen LogP contribution in [0.5, 0.6) is 17.2 Å². The van der Waals surface area contributed by atoms with Gasteiger partial charge in [-0.1, -0.05) is 12.1 Å². The lowest BCUT2D eigenvalue weighted by Crippen LogP contribution is -2.60. The molecule has 0 amide bonds. The van der Waals surface area contributed by atoms with Crippen molar-refractivity contribution in [1.82, 2.24) is 0 Å². The number of carbonyl (C=O) groups excluding carboxylic acids is 1. The molecule has 0 bridgehead atoms. The van der Waals surface area contributed by atoms with Gasteiger partial charge in [-0.05, 0) is 29.3 Å². The van der Waals surface area contributed by atoms with Crippen LogP contribution in [-0.2, 0) is 15.9 Å². The summed E-state index contributed by atoms with van der Waals surface area (Å²) in [6.07, 6.45) is -7.58. The van der Waals surface area contributed by atoms with Gasteiger partial charge in [-0.2, -0.15) is 0 Å². The number of hydrogen-bond acceptors (Lipinski definition) is 10. The van der Waals surface area contributed by atoms with Crippen LogP contribution >= 0.6 is 0 Å². The van der Waals surface area contributed by atoms with E-state index in [9.17, 15) is 25.2 Å². The van der Waals surface area contributed by atoms with Crippen LogP contribution in [0.25, 0.3) is 0 Å². The molecule has 2 heterocycles. The van der Waals surface area contributed by atoms with Gasteiger partial charge >= 0.3 is 5.97 Å². The number of carbonyl (C=O) groups is 1. The van der Waals surface area contributed by atoms with E-state index < -0.39 is 49.4 Å². The Balaban J connectivity index is 1.64. The molecule has 2 aliphatic heterocycles. The van der Waals surface area contributed by atoms with Gasteiger partial charge in [0.1, 0.15) is 53.3 Å². The number of benzene rings is 2. The predicted molar refractivity (Wildman–Crippen MR) is 112 cm³/mol. The molecule has 0 saturated carbocycles. The second-order valence-corrected chi connectivity index (χ2v) is 7.85. The molecule has 4 N–H and O–H groups in total. The smallest absolute Gasteiger partial charge is 0.342 e. The summed E-state index contributed by atoms with van der Waals surface area (Å²) in [6.45, 7) is -0.605. The lowest BCUT2D eigenvalue weighted by atomic mass is 9.93. The highest BCUT2D eigenvalue weighted by molar-refractivity contribution is 5.95. The van der Waals surface area contributed by atoms with Crippen molar-refractivity contribution in [2.24, 2.45) is 0 Å². The number of rotatable bonds is 6. The Morgan fingerprint density at radius 3 is 2.30 bits per heavy atom. The summed E-state index contributed by atoms with van der Waals surface area (Å²) in [5.41, 5.74) is 1.53. The summed E-state index contributed by atoms with van der Waals surface area (Å²) in [5.74, 6) is 0.459. The normalized spacial score (nSPS) is 29.1. The van der Waals surface area contributed by atoms with E-state index in [4.69, 9.17) is 23.7 Å². The van der Waals surface area contributed by atoms with E-state index in [-0.39, 0.29) is 11.3 Å². The molecule has 0 aliphatic carbocycles. The molecule has 178 valence electrons. The SMILES string of the molecule is COc1ccc([C@H]2Cc3cc(OC)cc(O[C@@H]4O[C@H](CO)[C@@H](O)[C@H](O)[C@H]4O)c3C(=O)O2)cc1. The largest absolute Gasteiger partial charge is 0.497 e. The van der Waals surface area contributed by atoms with Gasteiger partial charge in [0.25, 0.3) is 0 Å². The average molecular weight is 462 g/mol. The molecule has 10 nitrogen and oxygen atoms in total. The quantitative estimate of drug-likeness (QED) is 0.444. The second-order valence-electron chi connectivity index (χ2n) is 7.85. The first kappa shape index (κ1) is 23.3. The van der Waals surface area contributed by atoms with Crippen LogP contribution in [0.4, 0.5) is 0 Å². The summed E-state index contributed by atoms with van der Waals surface area (Å²) < 4.78 is 27.3. The van der Waals surface area contributed by atoms with Gasteiger partial charge in [0.05, 0.1) is 20.8 Å². The maximum Gasteiger partial charge on any atom is 0.342 e. The van der Waals surface area contributed by atoms with E-state index in [1.165, 1.54) is 13.2 Å². The van der Waals surface area contributed by atoms with Crippen molar-refractivity contribution in [1.29, 1.82) is 0 Å². The van der Waals surface area contributed by atoms with Gasteiger partial charge in [-0.3, -0.25) is 0 Å². The highest BCUT2D eigenvalue weighted by atomic mass is 16.7. The van der Waals surface area contributed by atoms with Gasteiger partial charge in [0.2, 0.25) is 6.29 Å². The molecule has 0 aromatic heterocycles. The Morgan fingerprint density at radius 2 is 1.67 bits per heavy atom. The fourth-order valence-electron chi connectivity index (χ4n) is 3.97. The highest BCUT2D eigenvalue weighted by Gasteiger charge is 2.45. The molecule has 2 aromatic rings. The Kier molecular flexibility index (Phi) is 6.73. The zero-order chi connectivity index (χ0) is 23.7. The summed E-state index contributed by atoms with van der Waals surface area (Å²) in [4.78, 5) is 13.0. The Hall–Kier alpha value is -2.89. The van der Waals surface area contributed by atoms with E-state index in [2.05, 4.69) is 0 Å². The number of methoxy groups -OCH3 is 2.